The number of hydrazine groups is 1. The first kappa shape index (κ1) is 19.1. The first-order chi connectivity index (χ1) is 14.0. The van der Waals surface area contributed by atoms with Crippen LogP contribution >= 0.6 is 11.3 Å². The Morgan fingerprint density at radius 3 is 2.66 bits per heavy atom. The highest BCUT2D eigenvalue weighted by Crippen LogP contribution is 2.26. The van der Waals surface area contributed by atoms with Crippen LogP contribution in [0.15, 0.2) is 39.5 Å². The maximum absolute atomic E-state index is 12.5. The van der Waals surface area contributed by atoms with Crippen LogP contribution in [-0.4, -0.2) is 43.1 Å². The highest BCUT2D eigenvalue weighted by molar-refractivity contribution is 7.17. The second kappa shape index (κ2) is 8.02. The third-order valence-corrected chi connectivity index (χ3v) is 5.67. The molecule has 1 aliphatic heterocycles. The Hall–Kier alpha value is -3.24. The Morgan fingerprint density at radius 1 is 1.14 bits per heavy atom. The number of thiazole rings is 1. The van der Waals surface area contributed by atoms with Crippen molar-refractivity contribution in [2.45, 2.75) is 6.92 Å². The van der Waals surface area contributed by atoms with Crippen molar-refractivity contribution in [3.8, 4) is 0 Å². The molecule has 4 rings (SSSR count). The van der Waals surface area contributed by atoms with Gasteiger partial charge in [-0.05, 0) is 19.1 Å². The molecular formula is C19H18N4O5S. The Bertz CT molecular complexity index is 1130. The number of aromatic nitrogens is 1. The van der Waals surface area contributed by atoms with Crippen molar-refractivity contribution in [1.29, 1.82) is 0 Å². The minimum Gasteiger partial charge on any atom is -0.422 e. The third kappa shape index (κ3) is 3.98. The van der Waals surface area contributed by atoms with Crippen LogP contribution in [0, 0.1) is 6.92 Å². The first-order valence-electron chi connectivity index (χ1n) is 8.96. The van der Waals surface area contributed by atoms with Gasteiger partial charge in [-0.3, -0.25) is 20.4 Å². The van der Waals surface area contributed by atoms with E-state index in [4.69, 9.17) is 9.15 Å². The summed E-state index contributed by atoms with van der Waals surface area (Å²) in [6.07, 6.45) is 0. The molecule has 0 unspecified atom stereocenters. The molecule has 0 atom stereocenters. The second-order valence-corrected chi connectivity index (χ2v) is 7.38. The SMILES string of the molecule is Cc1nc(N2CCOCC2)sc1C(=O)NNC(=O)c1cc2ccccc2oc1=O. The van der Waals surface area contributed by atoms with E-state index in [1.807, 2.05) is 0 Å². The van der Waals surface area contributed by atoms with Crippen molar-refractivity contribution in [1.82, 2.24) is 15.8 Å². The molecule has 0 radical (unpaired) electrons. The van der Waals surface area contributed by atoms with Crippen LogP contribution in [0.25, 0.3) is 11.0 Å². The number of nitrogens with one attached hydrogen (secondary N) is 2. The fourth-order valence-electron chi connectivity index (χ4n) is 2.94. The summed E-state index contributed by atoms with van der Waals surface area (Å²) in [6, 6.07) is 8.29. The van der Waals surface area contributed by atoms with E-state index < -0.39 is 17.4 Å². The summed E-state index contributed by atoms with van der Waals surface area (Å²) in [5.41, 5.74) is 4.58. The van der Waals surface area contributed by atoms with Gasteiger partial charge in [0.1, 0.15) is 16.0 Å². The molecule has 150 valence electrons. The van der Waals surface area contributed by atoms with Crippen molar-refractivity contribution in [3.05, 3.63) is 56.9 Å². The second-order valence-electron chi connectivity index (χ2n) is 6.40. The van der Waals surface area contributed by atoms with Crippen molar-refractivity contribution in [2.75, 3.05) is 31.2 Å². The lowest BCUT2D eigenvalue weighted by atomic mass is 10.2. The molecule has 1 fully saturated rings. The fourth-order valence-corrected chi connectivity index (χ4v) is 3.95. The summed E-state index contributed by atoms with van der Waals surface area (Å²) < 4.78 is 10.5. The van der Waals surface area contributed by atoms with E-state index in [2.05, 4.69) is 20.7 Å². The molecule has 1 aliphatic rings. The zero-order chi connectivity index (χ0) is 20.4. The van der Waals surface area contributed by atoms with Crippen LogP contribution in [0.2, 0.25) is 0 Å². The van der Waals surface area contributed by atoms with Crippen LogP contribution in [0.5, 0.6) is 0 Å². The van der Waals surface area contributed by atoms with Gasteiger partial charge in [0.2, 0.25) is 0 Å². The van der Waals surface area contributed by atoms with Gasteiger partial charge in [-0.2, -0.15) is 0 Å². The average molecular weight is 414 g/mol. The summed E-state index contributed by atoms with van der Waals surface area (Å²) in [5, 5.41) is 1.34. The van der Waals surface area contributed by atoms with Gasteiger partial charge in [-0.15, -0.1) is 0 Å². The van der Waals surface area contributed by atoms with Crippen LogP contribution in [0.1, 0.15) is 25.7 Å². The summed E-state index contributed by atoms with van der Waals surface area (Å²) >= 11 is 1.24. The van der Waals surface area contributed by atoms with Crippen molar-refractivity contribution in [2.24, 2.45) is 0 Å². The molecule has 1 aromatic carbocycles. The van der Waals surface area contributed by atoms with Gasteiger partial charge in [0.05, 0.1) is 18.9 Å². The molecule has 3 heterocycles. The Kier molecular flexibility index (Phi) is 5.28. The predicted octanol–water partition coefficient (Wildman–Crippen LogP) is 1.47. The lowest BCUT2D eigenvalue weighted by Gasteiger charge is -2.25. The van der Waals surface area contributed by atoms with Crippen molar-refractivity contribution in [3.63, 3.8) is 0 Å². The van der Waals surface area contributed by atoms with E-state index in [-0.39, 0.29) is 5.56 Å². The van der Waals surface area contributed by atoms with Crippen molar-refractivity contribution < 1.29 is 18.7 Å². The van der Waals surface area contributed by atoms with E-state index in [9.17, 15) is 14.4 Å². The van der Waals surface area contributed by atoms with E-state index >= 15 is 0 Å². The Morgan fingerprint density at radius 2 is 1.86 bits per heavy atom. The molecule has 0 aliphatic carbocycles. The molecule has 2 N–H and O–H groups in total. The van der Waals surface area contributed by atoms with Crippen molar-refractivity contribution >= 4 is 39.3 Å². The van der Waals surface area contributed by atoms with Crippen LogP contribution in [0.3, 0.4) is 0 Å². The number of rotatable bonds is 3. The summed E-state index contributed by atoms with van der Waals surface area (Å²) in [7, 11) is 0. The topological polar surface area (TPSA) is 114 Å². The number of carbonyl (C=O) groups excluding carboxylic acids is 2. The summed E-state index contributed by atoms with van der Waals surface area (Å²) in [5.74, 6) is -1.26. The number of carbonyl (C=O) groups is 2. The molecule has 9 nitrogen and oxygen atoms in total. The predicted molar refractivity (Wildman–Crippen MR) is 107 cm³/mol. The molecule has 2 amide bonds. The number of ether oxygens (including phenoxy) is 1. The molecule has 0 saturated carbocycles. The minimum absolute atomic E-state index is 0.195. The van der Waals surface area contributed by atoms with Crippen LogP contribution in [0.4, 0.5) is 5.13 Å². The molecule has 0 spiro atoms. The van der Waals surface area contributed by atoms with Gasteiger partial charge in [0.15, 0.2) is 5.13 Å². The highest BCUT2D eigenvalue weighted by Gasteiger charge is 2.21. The quantitative estimate of drug-likeness (QED) is 0.493. The molecular weight excluding hydrogens is 396 g/mol. The van der Waals surface area contributed by atoms with Gasteiger partial charge in [0, 0.05) is 18.5 Å². The average Bonchev–Trinajstić information content (AvgIpc) is 3.13. The molecule has 0 bridgehead atoms. The van der Waals surface area contributed by atoms with Crippen LogP contribution < -0.4 is 21.4 Å². The third-order valence-electron chi connectivity index (χ3n) is 4.45. The monoisotopic (exact) mass is 414 g/mol. The number of benzene rings is 1. The molecule has 10 heteroatoms. The Labute approximate surface area is 169 Å². The smallest absolute Gasteiger partial charge is 0.349 e. The van der Waals surface area contributed by atoms with Gasteiger partial charge < -0.3 is 14.1 Å². The van der Waals surface area contributed by atoms with E-state index in [0.717, 1.165) is 5.13 Å². The zero-order valence-electron chi connectivity index (χ0n) is 15.6. The zero-order valence-corrected chi connectivity index (χ0v) is 16.4. The fraction of sp³-hybridized carbons (Fsp3) is 0.263. The maximum Gasteiger partial charge on any atom is 0.349 e. The lowest BCUT2D eigenvalue weighted by Crippen LogP contribution is -2.43. The molecule has 2 aromatic heterocycles. The number of para-hydroxylation sites is 1. The molecule has 29 heavy (non-hydrogen) atoms. The van der Waals surface area contributed by atoms with Gasteiger partial charge >= 0.3 is 5.63 Å². The normalized spacial score (nSPS) is 14.0. The number of hydrogen-bond acceptors (Lipinski definition) is 8. The number of morpholine rings is 1. The molecule has 3 aromatic rings. The van der Waals surface area contributed by atoms with E-state index in [0.29, 0.717) is 47.8 Å². The van der Waals surface area contributed by atoms with Gasteiger partial charge in [-0.1, -0.05) is 29.5 Å². The Balaban J connectivity index is 1.46. The van der Waals surface area contributed by atoms with Crippen LogP contribution in [-0.2, 0) is 4.74 Å². The standard InChI is InChI=1S/C19H18N4O5S/c1-11-15(29-19(20-11)23-6-8-27-9-7-23)17(25)22-21-16(24)13-10-12-4-2-3-5-14(12)28-18(13)26/h2-5,10H,6-9H2,1H3,(H,21,24)(H,22,25). The minimum atomic E-state index is -0.779. The highest BCUT2D eigenvalue weighted by atomic mass is 32.1. The number of aryl methyl sites for hydroxylation is 1. The summed E-state index contributed by atoms with van der Waals surface area (Å²) in [6.45, 7) is 4.38. The van der Waals surface area contributed by atoms with E-state index in [1.165, 1.54) is 17.4 Å². The maximum atomic E-state index is 12.5. The lowest BCUT2D eigenvalue weighted by molar-refractivity contribution is 0.0846. The number of hydrogen-bond donors (Lipinski definition) is 2. The largest absolute Gasteiger partial charge is 0.422 e. The number of amides is 2. The van der Waals surface area contributed by atoms with Gasteiger partial charge in [-0.25, -0.2) is 9.78 Å². The number of anilines is 1. The molecule has 1 saturated heterocycles. The van der Waals surface area contributed by atoms with Gasteiger partial charge in [0.25, 0.3) is 11.8 Å². The number of nitrogens with zero attached hydrogens (tertiary/aromatic N) is 2. The number of fused-ring (bicyclic) bond motifs is 1. The first-order valence-corrected chi connectivity index (χ1v) is 9.78. The summed E-state index contributed by atoms with van der Waals surface area (Å²) in [4.78, 5) is 43.8. The van der Waals surface area contributed by atoms with E-state index in [1.54, 1.807) is 31.2 Å².